The molecule has 9 nitrogen and oxygen atoms in total. The molecule has 0 spiro atoms. The predicted molar refractivity (Wildman–Crippen MR) is 129 cm³/mol. The molecule has 0 saturated carbocycles. The number of nitrogens with two attached hydrogens (primary N) is 1. The lowest BCUT2D eigenvalue weighted by Crippen LogP contribution is -2.30. The van der Waals surface area contributed by atoms with Crippen LogP contribution >= 0.6 is 8.30 Å². The third-order valence-corrected chi connectivity index (χ3v) is 6.00. The molecule has 3 atom stereocenters. The molecule has 1 heterocycles. The van der Waals surface area contributed by atoms with Crippen molar-refractivity contribution in [2.75, 3.05) is 32.0 Å². The number of hydrogen-bond donors (Lipinski definition) is 2. The number of carbonyl (C=O) groups is 1. The number of para-hydroxylation sites is 1. The Morgan fingerprint density at radius 1 is 1.24 bits per heavy atom. The fourth-order valence-electron chi connectivity index (χ4n) is 2.74. The zero-order valence-corrected chi connectivity index (χ0v) is 20.6. The van der Waals surface area contributed by atoms with Crippen LogP contribution in [0.5, 0.6) is 11.8 Å². The van der Waals surface area contributed by atoms with E-state index in [0.717, 1.165) is 19.3 Å². The fourth-order valence-corrected chi connectivity index (χ4v) is 4.22. The highest BCUT2D eigenvalue weighted by Gasteiger charge is 2.21. The Morgan fingerprint density at radius 3 is 2.74 bits per heavy atom. The largest absolute Gasteiger partial charge is 0.466 e. The molecule has 11 heteroatoms. The molecule has 0 aliphatic carbocycles. The van der Waals surface area contributed by atoms with E-state index >= 15 is 0 Å². The number of alkyl halides is 1. The first-order chi connectivity index (χ1) is 16.5. The van der Waals surface area contributed by atoms with Crippen LogP contribution in [0.15, 0.2) is 42.6 Å². The summed E-state index contributed by atoms with van der Waals surface area (Å²) in [6, 6.07) is 10.6. The third-order valence-electron chi connectivity index (χ3n) is 4.46. The number of benzene rings is 1. The van der Waals surface area contributed by atoms with Crippen LogP contribution in [0.2, 0.25) is 0 Å². The van der Waals surface area contributed by atoms with Crippen molar-refractivity contribution in [2.45, 2.75) is 51.7 Å². The summed E-state index contributed by atoms with van der Waals surface area (Å²) >= 11 is 0. The molecule has 0 saturated heterocycles. The number of rotatable bonds is 17. The van der Waals surface area contributed by atoms with E-state index in [2.05, 4.69) is 22.0 Å². The van der Waals surface area contributed by atoms with Gasteiger partial charge in [0.2, 0.25) is 0 Å². The van der Waals surface area contributed by atoms with Crippen molar-refractivity contribution in [2.24, 2.45) is 0 Å². The second kappa shape index (κ2) is 16.1. The van der Waals surface area contributed by atoms with Gasteiger partial charge in [-0.25, -0.2) is 9.37 Å². The molecule has 3 N–H and O–H groups in total. The van der Waals surface area contributed by atoms with Gasteiger partial charge < -0.3 is 24.5 Å². The minimum absolute atomic E-state index is 0.0500. The van der Waals surface area contributed by atoms with E-state index in [1.54, 1.807) is 0 Å². The lowest BCUT2D eigenvalue weighted by Gasteiger charge is -2.24. The number of esters is 1. The van der Waals surface area contributed by atoms with E-state index in [-0.39, 0.29) is 43.2 Å². The highest BCUT2D eigenvalue weighted by atomic mass is 31.2. The predicted octanol–water partition coefficient (Wildman–Crippen LogP) is 4.24. The zero-order valence-electron chi connectivity index (χ0n) is 19.7. The van der Waals surface area contributed by atoms with Crippen LogP contribution in [0.25, 0.3) is 0 Å². The van der Waals surface area contributed by atoms with Crippen LogP contribution < -0.4 is 20.1 Å². The van der Waals surface area contributed by atoms with Crippen molar-refractivity contribution >= 4 is 20.1 Å². The molecule has 3 unspecified atom stereocenters. The Hall–Kier alpha value is -2.55. The molecule has 188 valence electrons. The number of nitrogens with zero attached hydrogens (tertiary/aromatic N) is 2. The molecule has 2 aromatic rings. The highest BCUT2D eigenvalue weighted by molar-refractivity contribution is 7.50. The van der Waals surface area contributed by atoms with Gasteiger partial charge in [-0.2, -0.15) is 4.98 Å². The third kappa shape index (κ3) is 11.5. The Bertz CT molecular complexity index is 836. The molecule has 0 radical (unpaired) electrons. The van der Waals surface area contributed by atoms with Crippen molar-refractivity contribution in [1.82, 2.24) is 15.1 Å². The lowest BCUT2D eigenvalue weighted by atomic mass is 10.2. The Labute approximate surface area is 201 Å². The molecular weight excluding hydrogens is 462 g/mol. The minimum atomic E-state index is -1.39. The smallest absolute Gasteiger partial charge is 0.318 e. The average molecular weight is 497 g/mol. The Balaban J connectivity index is 1.87. The van der Waals surface area contributed by atoms with E-state index in [1.807, 2.05) is 37.3 Å². The first-order valence-corrected chi connectivity index (χ1v) is 12.8. The van der Waals surface area contributed by atoms with Crippen LogP contribution in [0.3, 0.4) is 0 Å². The summed E-state index contributed by atoms with van der Waals surface area (Å²) in [5, 5.41) is 3.27. The van der Waals surface area contributed by atoms with E-state index in [9.17, 15) is 9.18 Å². The summed E-state index contributed by atoms with van der Waals surface area (Å²) in [5.41, 5.74) is 5.60. The van der Waals surface area contributed by atoms with Crippen molar-refractivity contribution in [3.05, 3.63) is 42.6 Å². The van der Waals surface area contributed by atoms with Gasteiger partial charge >= 0.3 is 12.0 Å². The van der Waals surface area contributed by atoms with Gasteiger partial charge in [0.05, 0.1) is 13.0 Å². The summed E-state index contributed by atoms with van der Waals surface area (Å²) in [6.07, 6.45) is 3.81. The number of carbonyl (C=O) groups excluding carboxylic acids is 1. The van der Waals surface area contributed by atoms with Gasteiger partial charge in [-0.15, -0.1) is 0 Å². The van der Waals surface area contributed by atoms with Crippen molar-refractivity contribution < 1.29 is 27.9 Å². The first kappa shape index (κ1) is 27.7. The topological polar surface area (TPSA) is 118 Å². The second-order valence-electron chi connectivity index (χ2n) is 7.59. The van der Waals surface area contributed by atoms with Gasteiger partial charge in [-0.3, -0.25) is 9.88 Å². The van der Waals surface area contributed by atoms with Gasteiger partial charge in [0, 0.05) is 12.2 Å². The van der Waals surface area contributed by atoms with Gasteiger partial charge in [0.15, 0.2) is 8.30 Å². The van der Waals surface area contributed by atoms with E-state index < -0.39 is 21.1 Å². The molecule has 0 fully saturated rings. The monoisotopic (exact) mass is 496 g/mol. The fraction of sp³-hybridized carbons (Fsp3) is 0.522. The number of unbranched alkanes of at least 4 members (excludes halogenated alkanes) is 2. The molecule has 34 heavy (non-hydrogen) atoms. The quantitative estimate of drug-likeness (QED) is 0.188. The SMILES string of the molecule is CCCCCOC(=O)CC(C)NP(COC(CF)COc1nccc(N)n1)Oc1ccccc1. The summed E-state index contributed by atoms with van der Waals surface area (Å²) in [4.78, 5) is 19.9. The average Bonchev–Trinajstić information content (AvgIpc) is 2.82. The number of halogens is 1. The summed E-state index contributed by atoms with van der Waals surface area (Å²) < 4.78 is 36.0. The number of anilines is 1. The van der Waals surface area contributed by atoms with Crippen LogP contribution in [-0.4, -0.2) is 54.3 Å². The number of nitrogen functional groups attached to an aromatic ring is 1. The summed E-state index contributed by atoms with van der Waals surface area (Å²) in [6.45, 7) is 3.52. The molecular formula is C23H34FN4O5P. The van der Waals surface area contributed by atoms with Gasteiger partial charge in [0.1, 0.15) is 37.3 Å². The number of ether oxygens (including phenoxy) is 3. The van der Waals surface area contributed by atoms with Gasteiger partial charge in [-0.05, 0) is 31.5 Å². The van der Waals surface area contributed by atoms with E-state index in [0.29, 0.717) is 12.4 Å². The standard InChI is InChI=1S/C23H34FN4O5P/c1-3-4-8-13-30-22(29)14-18(2)28-34(33-19-9-6-5-7-10-19)17-32-20(15-24)16-31-23-26-12-11-21(25)27-23/h5-7,9-12,18,20,28H,3-4,8,13-17H2,1-2H3,(H2,25,26,27). The minimum Gasteiger partial charge on any atom is -0.466 e. The zero-order chi connectivity index (χ0) is 24.6. The molecule has 1 aromatic carbocycles. The summed E-state index contributed by atoms with van der Waals surface area (Å²) in [5.74, 6) is 0.619. The number of aromatic nitrogens is 2. The van der Waals surface area contributed by atoms with Crippen LogP contribution in [-0.2, 0) is 14.3 Å². The second-order valence-corrected chi connectivity index (χ2v) is 9.05. The number of hydrogen-bond acceptors (Lipinski definition) is 9. The summed E-state index contributed by atoms with van der Waals surface area (Å²) in [7, 11) is -1.39. The van der Waals surface area contributed by atoms with Crippen molar-refractivity contribution in [3.63, 3.8) is 0 Å². The van der Waals surface area contributed by atoms with Crippen LogP contribution in [0.1, 0.15) is 39.5 Å². The molecule has 1 aromatic heterocycles. The van der Waals surface area contributed by atoms with Gasteiger partial charge in [-0.1, -0.05) is 38.0 Å². The van der Waals surface area contributed by atoms with Crippen LogP contribution in [0, 0.1) is 0 Å². The normalized spacial score (nSPS) is 13.6. The number of nitrogens with one attached hydrogen (secondary N) is 1. The molecule has 0 aliphatic rings. The maximum atomic E-state index is 13.5. The van der Waals surface area contributed by atoms with Gasteiger partial charge in [0.25, 0.3) is 0 Å². The Kier molecular flexibility index (Phi) is 13.1. The maximum absolute atomic E-state index is 13.5. The highest BCUT2D eigenvalue weighted by Crippen LogP contribution is 2.35. The van der Waals surface area contributed by atoms with E-state index in [4.69, 9.17) is 24.5 Å². The molecule has 0 amide bonds. The van der Waals surface area contributed by atoms with Crippen molar-refractivity contribution in [1.29, 1.82) is 0 Å². The lowest BCUT2D eigenvalue weighted by molar-refractivity contribution is -0.144. The maximum Gasteiger partial charge on any atom is 0.318 e. The molecule has 2 rings (SSSR count). The van der Waals surface area contributed by atoms with Crippen molar-refractivity contribution in [3.8, 4) is 11.8 Å². The van der Waals surface area contributed by atoms with Crippen LogP contribution in [0.4, 0.5) is 10.2 Å². The molecule has 0 bridgehead atoms. The molecule has 0 aliphatic heterocycles. The van der Waals surface area contributed by atoms with E-state index in [1.165, 1.54) is 12.3 Å². The Morgan fingerprint density at radius 2 is 2.03 bits per heavy atom. The first-order valence-electron chi connectivity index (χ1n) is 11.3.